The Morgan fingerprint density at radius 3 is 2.94 bits per heavy atom. The van der Waals surface area contributed by atoms with E-state index in [1.54, 1.807) is 0 Å². The molecular formula is C13H20N2O2. The third kappa shape index (κ3) is 5.92. The summed E-state index contributed by atoms with van der Waals surface area (Å²) in [5.41, 5.74) is 1.18. The molecule has 0 saturated heterocycles. The lowest BCUT2D eigenvalue weighted by molar-refractivity contribution is -0.120. The molecule has 2 N–H and O–H groups in total. The average molecular weight is 236 g/mol. The number of carbonyl (C=O) groups excluding carboxylic acids is 1. The molecule has 1 aromatic rings. The Balaban J connectivity index is 2.10. The minimum absolute atomic E-state index is 0.0167. The van der Waals surface area contributed by atoms with Gasteiger partial charge in [-0.25, -0.2) is 0 Å². The summed E-state index contributed by atoms with van der Waals surface area (Å²) in [6, 6.07) is 7.91. The normalized spacial score (nSPS) is 10.0. The van der Waals surface area contributed by atoms with Gasteiger partial charge in [0.2, 0.25) is 5.91 Å². The molecule has 0 unspecified atom stereocenters. The lowest BCUT2D eigenvalue weighted by atomic mass is 10.2. The van der Waals surface area contributed by atoms with Gasteiger partial charge in [-0.15, -0.1) is 0 Å². The van der Waals surface area contributed by atoms with E-state index < -0.39 is 0 Å². The Kier molecular flexibility index (Phi) is 6.10. The zero-order valence-corrected chi connectivity index (χ0v) is 10.5. The fourth-order valence-corrected chi connectivity index (χ4v) is 1.41. The highest BCUT2D eigenvalue weighted by Crippen LogP contribution is 2.11. The van der Waals surface area contributed by atoms with Crippen LogP contribution in [0.4, 0.5) is 0 Å². The van der Waals surface area contributed by atoms with Crippen molar-refractivity contribution in [2.24, 2.45) is 0 Å². The van der Waals surface area contributed by atoms with Gasteiger partial charge in [0, 0.05) is 13.1 Å². The van der Waals surface area contributed by atoms with Crippen LogP contribution in [0.1, 0.15) is 12.5 Å². The minimum atomic E-state index is 0.0167. The van der Waals surface area contributed by atoms with E-state index in [4.69, 9.17) is 4.74 Å². The van der Waals surface area contributed by atoms with Crippen LogP contribution in [0.15, 0.2) is 24.3 Å². The van der Waals surface area contributed by atoms with Gasteiger partial charge in [-0.2, -0.15) is 0 Å². The molecular weight excluding hydrogens is 216 g/mol. The molecule has 1 amide bonds. The molecule has 94 valence electrons. The Morgan fingerprint density at radius 1 is 1.41 bits per heavy atom. The lowest BCUT2D eigenvalue weighted by Gasteiger charge is -2.08. The van der Waals surface area contributed by atoms with Crippen molar-refractivity contribution in [1.29, 1.82) is 0 Å². The van der Waals surface area contributed by atoms with E-state index in [9.17, 15) is 4.79 Å². The predicted octanol–water partition coefficient (Wildman–Crippen LogP) is 1.10. The van der Waals surface area contributed by atoms with Crippen molar-refractivity contribution in [1.82, 2.24) is 10.6 Å². The van der Waals surface area contributed by atoms with E-state index in [-0.39, 0.29) is 5.91 Å². The highest BCUT2D eigenvalue weighted by Gasteiger charge is 1.98. The Labute approximate surface area is 102 Å². The van der Waals surface area contributed by atoms with Gasteiger partial charge in [-0.1, -0.05) is 12.1 Å². The molecule has 0 aliphatic rings. The number of aryl methyl sites for hydroxylation is 1. The molecule has 0 heterocycles. The monoisotopic (exact) mass is 236 g/mol. The predicted molar refractivity (Wildman–Crippen MR) is 68.2 cm³/mol. The third-order valence-electron chi connectivity index (χ3n) is 2.20. The molecule has 0 spiro atoms. The van der Waals surface area contributed by atoms with Gasteiger partial charge in [0.25, 0.3) is 0 Å². The number of hydrogen-bond acceptors (Lipinski definition) is 3. The number of amides is 1. The van der Waals surface area contributed by atoms with E-state index in [1.165, 1.54) is 5.56 Å². The first-order chi connectivity index (χ1) is 8.22. The summed E-state index contributed by atoms with van der Waals surface area (Å²) in [5, 5.41) is 5.74. The molecule has 0 fully saturated rings. The molecule has 4 nitrogen and oxygen atoms in total. The van der Waals surface area contributed by atoms with Gasteiger partial charge in [-0.05, 0) is 31.5 Å². The molecule has 0 saturated carbocycles. The first-order valence-electron chi connectivity index (χ1n) is 5.89. The van der Waals surface area contributed by atoms with Crippen molar-refractivity contribution < 1.29 is 9.53 Å². The van der Waals surface area contributed by atoms with Crippen LogP contribution in [-0.4, -0.2) is 32.1 Å². The van der Waals surface area contributed by atoms with Crippen LogP contribution in [-0.2, 0) is 4.79 Å². The minimum Gasteiger partial charge on any atom is -0.492 e. The van der Waals surface area contributed by atoms with Gasteiger partial charge in [0.1, 0.15) is 12.4 Å². The number of rotatable bonds is 7. The smallest absolute Gasteiger partial charge is 0.233 e. The fourth-order valence-electron chi connectivity index (χ4n) is 1.41. The first-order valence-corrected chi connectivity index (χ1v) is 5.89. The average Bonchev–Trinajstić information content (AvgIpc) is 2.29. The molecule has 1 aromatic carbocycles. The summed E-state index contributed by atoms with van der Waals surface area (Å²) in [4.78, 5) is 11.1. The van der Waals surface area contributed by atoms with Crippen LogP contribution in [0.3, 0.4) is 0 Å². The number of hydrogen-bond donors (Lipinski definition) is 2. The second-order valence-electron chi connectivity index (χ2n) is 3.80. The van der Waals surface area contributed by atoms with Crippen LogP contribution in [0, 0.1) is 6.92 Å². The summed E-state index contributed by atoms with van der Waals surface area (Å²) in [6.45, 7) is 6.15. The molecule has 0 aliphatic heterocycles. The quantitative estimate of drug-likeness (QED) is 0.697. The maximum Gasteiger partial charge on any atom is 0.233 e. The standard InChI is InChI=1S/C13H20N2O2/c1-3-15-13(16)10-14-7-8-17-12-6-4-5-11(2)9-12/h4-6,9,14H,3,7-8,10H2,1-2H3,(H,15,16). The fraction of sp³-hybridized carbons (Fsp3) is 0.462. The van der Waals surface area contributed by atoms with E-state index in [0.29, 0.717) is 26.2 Å². The van der Waals surface area contributed by atoms with Gasteiger partial charge in [0.15, 0.2) is 0 Å². The van der Waals surface area contributed by atoms with Crippen molar-refractivity contribution in [3.63, 3.8) is 0 Å². The number of carbonyl (C=O) groups is 1. The molecule has 1 rings (SSSR count). The molecule has 0 atom stereocenters. The van der Waals surface area contributed by atoms with E-state index in [1.807, 2.05) is 38.1 Å². The highest BCUT2D eigenvalue weighted by atomic mass is 16.5. The second-order valence-corrected chi connectivity index (χ2v) is 3.80. The summed E-state index contributed by atoms with van der Waals surface area (Å²) in [6.07, 6.45) is 0. The van der Waals surface area contributed by atoms with Crippen molar-refractivity contribution in [2.45, 2.75) is 13.8 Å². The molecule has 0 radical (unpaired) electrons. The number of likely N-dealkylation sites (N-methyl/N-ethyl adjacent to an activating group) is 1. The van der Waals surface area contributed by atoms with Crippen LogP contribution in [0.5, 0.6) is 5.75 Å². The zero-order valence-electron chi connectivity index (χ0n) is 10.5. The van der Waals surface area contributed by atoms with Crippen LogP contribution in [0.2, 0.25) is 0 Å². The second kappa shape index (κ2) is 7.68. The number of nitrogens with one attached hydrogen (secondary N) is 2. The third-order valence-corrected chi connectivity index (χ3v) is 2.20. The van der Waals surface area contributed by atoms with Crippen molar-refractivity contribution in [3.8, 4) is 5.75 Å². The van der Waals surface area contributed by atoms with E-state index in [2.05, 4.69) is 10.6 Å². The van der Waals surface area contributed by atoms with E-state index in [0.717, 1.165) is 5.75 Å². The van der Waals surface area contributed by atoms with Gasteiger partial charge in [-0.3, -0.25) is 4.79 Å². The van der Waals surface area contributed by atoms with E-state index >= 15 is 0 Å². The van der Waals surface area contributed by atoms with Gasteiger partial charge in [0.05, 0.1) is 6.54 Å². The van der Waals surface area contributed by atoms with Crippen LogP contribution >= 0.6 is 0 Å². The topological polar surface area (TPSA) is 50.4 Å². The Hall–Kier alpha value is -1.55. The summed E-state index contributed by atoms with van der Waals surface area (Å²) in [7, 11) is 0. The molecule has 0 aromatic heterocycles. The number of benzene rings is 1. The summed E-state index contributed by atoms with van der Waals surface area (Å²) in [5.74, 6) is 0.882. The van der Waals surface area contributed by atoms with Crippen LogP contribution in [0.25, 0.3) is 0 Å². The highest BCUT2D eigenvalue weighted by molar-refractivity contribution is 5.77. The lowest BCUT2D eigenvalue weighted by Crippen LogP contribution is -2.35. The molecule has 0 bridgehead atoms. The summed E-state index contributed by atoms with van der Waals surface area (Å²) >= 11 is 0. The Bertz CT molecular complexity index is 353. The zero-order chi connectivity index (χ0) is 12.5. The van der Waals surface area contributed by atoms with Crippen molar-refractivity contribution in [2.75, 3.05) is 26.2 Å². The maximum absolute atomic E-state index is 11.1. The van der Waals surface area contributed by atoms with Gasteiger partial charge >= 0.3 is 0 Å². The summed E-state index contributed by atoms with van der Waals surface area (Å²) < 4.78 is 5.53. The first kappa shape index (κ1) is 13.5. The van der Waals surface area contributed by atoms with Crippen molar-refractivity contribution in [3.05, 3.63) is 29.8 Å². The largest absolute Gasteiger partial charge is 0.492 e. The molecule has 17 heavy (non-hydrogen) atoms. The molecule has 4 heteroatoms. The van der Waals surface area contributed by atoms with Crippen LogP contribution < -0.4 is 15.4 Å². The maximum atomic E-state index is 11.1. The van der Waals surface area contributed by atoms with Crippen molar-refractivity contribution >= 4 is 5.91 Å². The Morgan fingerprint density at radius 2 is 2.24 bits per heavy atom. The number of ether oxygens (including phenoxy) is 1. The molecule has 0 aliphatic carbocycles. The van der Waals surface area contributed by atoms with Gasteiger partial charge < -0.3 is 15.4 Å². The SMILES string of the molecule is CCNC(=O)CNCCOc1cccc(C)c1.